The van der Waals surface area contributed by atoms with Gasteiger partial charge in [-0.25, -0.2) is 0 Å². The summed E-state index contributed by atoms with van der Waals surface area (Å²) in [6.07, 6.45) is 1.21. The van der Waals surface area contributed by atoms with Gasteiger partial charge in [-0.05, 0) is 39.9 Å². The zero-order valence-electron chi connectivity index (χ0n) is 14.4. The van der Waals surface area contributed by atoms with Crippen LogP contribution in [0.4, 0.5) is 0 Å². The summed E-state index contributed by atoms with van der Waals surface area (Å²) in [5.41, 5.74) is 0. The maximum absolute atomic E-state index is 5.62. The molecular weight excluding hydrogens is 252 g/mol. The number of ether oxygens (including phenoxy) is 2. The van der Waals surface area contributed by atoms with E-state index in [1.165, 1.54) is 13.0 Å². The standard InChI is InChI=1S/C16H36N2O2/c1-6-9-17(7-2)10-12-19-14-15-20-13-11-18(8-3)16(4)5/h16H,6-15H2,1-5H3. The third-order valence-corrected chi connectivity index (χ3v) is 3.57. The summed E-state index contributed by atoms with van der Waals surface area (Å²) in [5.74, 6) is 0. The third kappa shape index (κ3) is 10.6. The van der Waals surface area contributed by atoms with Gasteiger partial charge in [0.2, 0.25) is 0 Å². The van der Waals surface area contributed by atoms with Gasteiger partial charge in [0.1, 0.15) is 0 Å². The van der Waals surface area contributed by atoms with E-state index in [0.29, 0.717) is 19.3 Å². The van der Waals surface area contributed by atoms with E-state index in [4.69, 9.17) is 9.47 Å². The Morgan fingerprint density at radius 1 is 0.750 bits per heavy atom. The highest BCUT2D eigenvalue weighted by Crippen LogP contribution is 1.96. The fraction of sp³-hybridized carbons (Fsp3) is 1.00. The van der Waals surface area contributed by atoms with Gasteiger partial charge >= 0.3 is 0 Å². The fourth-order valence-electron chi connectivity index (χ4n) is 2.22. The molecule has 0 aromatic rings. The number of rotatable bonds is 14. The average Bonchev–Trinajstić information content (AvgIpc) is 2.44. The summed E-state index contributed by atoms with van der Waals surface area (Å²) >= 11 is 0. The quantitative estimate of drug-likeness (QED) is 0.459. The second kappa shape index (κ2) is 13.8. The molecule has 0 aromatic heterocycles. The molecule has 0 bridgehead atoms. The molecule has 0 fully saturated rings. The van der Waals surface area contributed by atoms with Gasteiger partial charge in [-0.2, -0.15) is 0 Å². The van der Waals surface area contributed by atoms with Crippen molar-refractivity contribution in [1.82, 2.24) is 9.80 Å². The lowest BCUT2D eigenvalue weighted by Gasteiger charge is -2.24. The number of hydrogen-bond donors (Lipinski definition) is 0. The molecule has 4 nitrogen and oxygen atoms in total. The van der Waals surface area contributed by atoms with E-state index in [1.54, 1.807) is 0 Å². The first-order valence-corrected chi connectivity index (χ1v) is 8.27. The molecule has 0 heterocycles. The summed E-state index contributed by atoms with van der Waals surface area (Å²) in [6.45, 7) is 19.5. The lowest BCUT2D eigenvalue weighted by Crippen LogP contribution is -2.33. The van der Waals surface area contributed by atoms with Crippen LogP contribution in [0, 0.1) is 0 Å². The third-order valence-electron chi connectivity index (χ3n) is 3.57. The Bertz CT molecular complexity index is 201. The van der Waals surface area contributed by atoms with E-state index in [2.05, 4.69) is 44.4 Å². The lowest BCUT2D eigenvalue weighted by molar-refractivity contribution is 0.0294. The SMILES string of the molecule is CCCN(CC)CCOCCOCCN(CC)C(C)C. The summed E-state index contributed by atoms with van der Waals surface area (Å²) < 4.78 is 11.2. The second-order valence-electron chi connectivity index (χ2n) is 5.38. The van der Waals surface area contributed by atoms with Gasteiger partial charge in [-0.15, -0.1) is 0 Å². The van der Waals surface area contributed by atoms with Crippen molar-refractivity contribution in [2.75, 3.05) is 59.2 Å². The Hall–Kier alpha value is -0.160. The summed E-state index contributed by atoms with van der Waals surface area (Å²) in [7, 11) is 0. The minimum Gasteiger partial charge on any atom is -0.378 e. The highest BCUT2D eigenvalue weighted by molar-refractivity contribution is 4.59. The molecule has 122 valence electrons. The van der Waals surface area contributed by atoms with E-state index in [9.17, 15) is 0 Å². The van der Waals surface area contributed by atoms with Crippen LogP contribution in [0.1, 0.15) is 41.0 Å². The zero-order valence-corrected chi connectivity index (χ0v) is 14.4. The van der Waals surface area contributed by atoms with Crippen molar-refractivity contribution in [3.05, 3.63) is 0 Å². The van der Waals surface area contributed by atoms with E-state index in [-0.39, 0.29) is 0 Å². The topological polar surface area (TPSA) is 24.9 Å². The first-order valence-electron chi connectivity index (χ1n) is 8.27. The van der Waals surface area contributed by atoms with Crippen LogP contribution >= 0.6 is 0 Å². The summed E-state index contributed by atoms with van der Waals surface area (Å²) in [6, 6.07) is 0.596. The number of likely N-dealkylation sites (N-methyl/N-ethyl adjacent to an activating group) is 2. The van der Waals surface area contributed by atoms with Crippen LogP contribution < -0.4 is 0 Å². The molecule has 0 amide bonds. The largest absolute Gasteiger partial charge is 0.378 e. The minimum absolute atomic E-state index is 0.596. The Morgan fingerprint density at radius 3 is 1.80 bits per heavy atom. The van der Waals surface area contributed by atoms with Gasteiger partial charge in [-0.1, -0.05) is 20.8 Å². The van der Waals surface area contributed by atoms with Crippen LogP contribution in [-0.2, 0) is 9.47 Å². The maximum atomic E-state index is 5.62. The van der Waals surface area contributed by atoms with Crippen molar-refractivity contribution >= 4 is 0 Å². The van der Waals surface area contributed by atoms with Crippen LogP contribution in [0.15, 0.2) is 0 Å². The smallest absolute Gasteiger partial charge is 0.0701 e. The van der Waals surface area contributed by atoms with E-state index in [0.717, 1.165) is 39.4 Å². The molecule has 0 aliphatic rings. The highest BCUT2D eigenvalue weighted by Gasteiger charge is 2.05. The van der Waals surface area contributed by atoms with Crippen molar-refractivity contribution in [2.45, 2.75) is 47.1 Å². The van der Waals surface area contributed by atoms with Crippen LogP contribution in [0.3, 0.4) is 0 Å². The molecule has 0 saturated carbocycles. The summed E-state index contributed by atoms with van der Waals surface area (Å²) in [5, 5.41) is 0. The molecule has 4 heteroatoms. The van der Waals surface area contributed by atoms with Gasteiger partial charge in [0.15, 0.2) is 0 Å². The normalized spacial score (nSPS) is 12.0. The minimum atomic E-state index is 0.596. The predicted molar refractivity (Wildman–Crippen MR) is 86.4 cm³/mol. The van der Waals surface area contributed by atoms with Crippen LogP contribution in [0.25, 0.3) is 0 Å². The molecule has 0 saturated heterocycles. The Balaban J connectivity index is 3.36. The van der Waals surface area contributed by atoms with Gasteiger partial charge in [0, 0.05) is 19.1 Å². The van der Waals surface area contributed by atoms with Gasteiger partial charge in [-0.3, -0.25) is 4.90 Å². The molecule has 0 unspecified atom stereocenters. The van der Waals surface area contributed by atoms with Crippen molar-refractivity contribution in [2.24, 2.45) is 0 Å². The fourth-order valence-corrected chi connectivity index (χ4v) is 2.22. The Kier molecular flexibility index (Phi) is 13.7. The maximum Gasteiger partial charge on any atom is 0.0701 e. The number of nitrogens with zero attached hydrogens (tertiary/aromatic N) is 2. The van der Waals surface area contributed by atoms with Crippen molar-refractivity contribution in [1.29, 1.82) is 0 Å². The molecular formula is C16H36N2O2. The van der Waals surface area contributed by atoms with E-state index < -0.39 is 0 Å². The molecule has 0 N–H and O–H groups in total. The first kappa shape index (κ1) is 19.8. The van der Waals surface area contributed by atoms with Crippen molar-refractivity contribution in [3.8, 4) is 0 Å². The molecule has 0 spiro atoms. The lowest BCUT2D eigenvalue weighted by atomic mass is 10.3. The molecule has 0 rings (SSSR count). The van der Waals surface area contributed by atoms with Crippen LogP contribution in [-0.4, -0.2) is 75.0 Å². The predicted octanol–water partition coefficient (Wildman–Crippen LogP) is 2.48. The zero-order chi connectivity index (χ0) is 15.2. The molecule has 0 aromatic carbocycles. The number of hydrogen-bond acceptors (Lipinski definition) is 4. The first-order chi connectivity index (χ1) is 9.65. The molecule has 20 heavy (non-hydrogen) atoms. The molecule has 0 aliphatic carbocycles. The Morgan fingerprint density at radius 2 is 1.35 bits per heavy atom. The van der Waals surface area contributed by atoms with Crippen LogP contribution in [0.5, 0.6) is 0 Å². The van der Waals surface area contributed by atoms with Crippen LogP contribution in [0.2, 0.25) is 0 Å². The average molecular weight is 288 g/mol. The summed E-state index contributed by atoms with van der Waals surface area (Å²) in [4.78, 5) is 4.83. The van der Waals surface area contributed by atoms with E-state index >= 15 is 0 Å². The monoisotopic (exact) mass is 288 g/mol. The van der Waals surface area contributed by atoms with Gasteiger partial charge in [0.05, 0.1) is 26.4 Å². The van der Waals surface area contributed by atoms with Gasteiger partial charge < -0.3 is 14.4 Å². The van der Waals surface area contributed by atoms with E-state index in [1.807, 2.05) is 0 Å². The van der Waals surface area contributed by atoms with Crippen molar-refractivity contribution < 1.29 is 9.47 Å². The molecule has 0 radical (unpaired) electrons. The second-order valence-corrected chi connectivity index (χ2v) is 5.38. The molecule has 0 atom stereocenters. The molecule has 0 aliphatic heterocycles. The van der Waals surface area contributed by atoms with Gasteiger partial charge in [0.25, 0.3) is 0 Å². The van der Waals surface area contributed by atoms with Crippen molar-refractivity contribution in [3.63, 3.8) is 0 Å². The Labute approximate surface area is 126 Å². The highest BCUT2D eigenvalue weighted by atomic mass is 16.5.